The zero-order chi connectivity index (χ0) is 10.4. The Morgan fingerprint density at radius 1 is 1.36 bits per heavy atom. The van der Waals surface area contributed by atoms with Crippen molar-refractivity contribution < 1.29 is 0 Å². The molecular weight excluding hydrogens is 194 g/mol. The van der Waals surface area contributed by atoms with Gasteiger partial charge in [-0.25, -0.2) is 0 Å². The van der Waals surface area contributed by atoms with Gasteiger partial charge in [-0.05, 0) is 38.5 Å². The van der Waals surface area contributed by atoms with E-state index < -0.39 is 0 Å². The number of likely N-dealkylation sites (N-methyl/N-ethyl adjacent to an activating group) is 1. The van der Waals surface area contributed by atoms with E-state index in [1.54, 1.807) is 0 Å². The van der Waals surface area contributed by atoms with Gasteiger partial charge in [0, 0.05) is 25.7 Å². The molecule has 1 rings (SSSR count). The van der Waals surface area contributed by atoms with Crippen LogP contribution >= 0.6 is 12.2 Å². The highest BCUT2D eigenvalue weighted by Gasteiger charge is 2.25. The van der Waals surface area contributed by atoms with E-state index in [-0.39, 0.29) is 0 Å². The third kappa shape index (κ3) is 4.77. The minimum Gasteiger partial charge on any atom is -0.363 e. The second kappa shape index (κ2) is 6.19. The second-order valence-corrected chi connectivity index (χ2v) is 4.30. The van der Waals surface area contributed by atoms with Gasteiger partial charge >= 0.3 is 0 Å². The fourth-order valence-electron chi connectivity index (χ4n) is 1.34. The van der Waals surface area contributed by atoms with E-state index in [0.717, 1.165) is 37.2 Å². The molecule has 1 aliphatic rings. The Balaban J connectivity index is 1.94. The molecule has 0 saturated heterocycles. The molecule has 0 heterocycles. The molecule has 1 saturated carbocycles. The van der Waals surface area contributed by atoms with E-state index in [4.69, 9.17) is 12.2 Å². The van der Waals surface area contributed by atoms with E-state index in [1.165, 1.54) is 12.8 Å². The fourth-order valence-corrected chi connectivity index (χ4v) is 1.55. The number of thiocarbonyl (C=S) groups is 1. The lowest BCUT2D eigenvalue weighted by atomic mass is 10.5. The molecule has 0 radical (unpaired) electrons. The zero-order valence-electron chi connectivity index (χ0n) is 9.18. The number of nitrogens with zero attached hydrogens (tertiary/aromatic N) is 1. The van der Waals surface area contributed by atoms with Gasteiger partial charge in [-0.3, -0.25) is 0 Å². The van der Waals surface area contributed by atoms with Gasteiger partial charge in [-0.2, -0.15) is 0 Å². The zero-order valence-corrected chi connectivity index (χ0v) is 9.99. The molecule has 0 aromatic carbocycles. The molecule has 0 bridgehead atoms. The predicted molar refractivity (Wildman–Crippen MR) is 64.5 cm³/mol. The number of hydrogen-bond donors (Lipinski definition) is 2. The van der Waals surface area contributed by atoms with Gasteiger partial charge in [0.1, 0.15) is 0 Å². The first-order valence-corrected chi connectivity index (χ1v) is 5.86. The Labute approximate surface area is 92.2 Å². The first-order chi connectivity index (χ1) is 6.74. The molecule has 2 N–H and O–H groups in total. The van der Waals surface area contributed by atoms with E-state index in [0.29, 0.717) is 0 Å². The Kier molecular flexibility index (Phi) is 5.19. The van der Waals surface area contributed by atoms with Crippen LogP contribution in [-0.4, -0.2) is 42.7 Å². The van der Waals surface area contributed by atoms with Crippen molar-refractivity contribution >= 4 is 17.3 Å². The summed E-state index contributed by atoms with van der Waals surface area (Å²) in [4.78, 5) is 2.40. The molecule has 14 heavy (non-hydrogen) atoms. The van der Waals surface area contributed by atoms with Crippen LogP contribution in [0.15, 0.2) is 0 Å². The van der Waals surface area contributed by atoms with Crippen molar-refractivity contribution in [3.63, 3.8) is 0 Å². The van der Waals surface area contributed by atoms with Crippen LogP contribution in [0.4, 0.5) is 0 Å². The summed E-state index contributed by atoms with van der Waals surface area (Å²) in [7, 11) is 2.18. The molecule has 0 aromatic heterocycles. The third-order valence-corrected chi connectivity index (χ3v) is 2.74. The largest absolute Gasteiger partial charge is 0.363 e. The molecule has 0 aromatic rings. The summed E-state index contributed by atoms with van der Waals surface area (Å²) in [5.74, 6) is 0. The van der Waals surface area contributed by atoms with E-state index in [9.17, 15) is 0 Å². The van der Waals surface area contributed by atoms with Crippen LogP contribution in [0.2, 0.25) is 0 Å². The van der Waals surface area contributed by atoms with Crippen LogP contribution in [0.1, 0.15) is 26.2 Å². The van der Waals surface area contributed by atoms with Crippen LogP contribution in [-0.2, 0) is 0 Å². The van der Waals surface area contributed by atoms with Gasteiger partial charge < -0.3 is 15.5 Å². The molecule has 3 nitrogen and oxygen atoms in total. The molecule has 0 unspecified atom stereocenters. The first kappa shape index (κ1) is 11.7. The van der Waals surface area contributed by atoms with Gasteiger partial charge in [-0.1, -0.05) is 6.92 Å². The molecule has 82 valence electrons. The minimum atomic E-state index is 0.788. The molecular formula is C10H21N3S. The topological polar surface area (TPSA) is 27.3 Å². The molecule has 1 fully saturated rings. The van der Waals surface area contributed by atoms with Crippen molar-refractivity contribution in [2.45, 2.75) is 32.2 Å². The van der Waals surface area contributed by atoms with Crippen LogP contribution < -0.4 is 10.6 Å². The second-order valence-electron chi connectivity index (χ2n) is 3.89. The normalized spacial score (nSPS) is 15.6. The third-order valence-electron chi connectivity index (χ3n) is 2.46. The summed E-state index contributed by atoms with van der Waals surface area (Å²) >= 11 is 5.11. The van der Waals surface area contributed by atoms with Crippen LogP contribution in [0.25, 0.3) is 0 Å². The van der Waals surface area contributed by atoms with E-state index in [1.807, 2.05) is 0 Å². The average molecular weight is 215 g/mol. The van der Waals surface area contributed by atoms with Crippen molar-refractivity contribution in [2.24, 2.45) is 0 Å². The lowest BCUT2D eigenvalue weighted by Crippen LogP contribution is -2.40. The van der Waals surface area contributed by atoms with Gasteiger partial charge in [0.25, 0.3) is 0 Å². The van der Waals surface area contributed by atoms with E-state index in [2.05, 4.69) is 29.5 Å². The Morgan fingerprint density at radius 3 is 2.57 bits per heavy atom. The standard InChI is InChI=1S/C10H21N3S/c1-3-6-11-10(14)12-7-8-13(2)9-4-5-9/h9H,3-8H2,1-2H3,(H2,11,12,14). The highest BCUT2D eigenvalue weighted by atomic mass is 32.1. The van der Waals surface area contributed by atoms with Crippen molar-refractivity contribution in [1.29, 1.82) is 0 Å². The van der Waals surface area contributed by atoms with Crippen LogP contribution in [0.5, 0.6) is 0 Å². The summed E-state index contributed by atoms with van der Waals surface area (Å²) in [5, 5.41) is 7.15. The monoisotopic (exact) mass is 215 g/mol. The Hall–Kier alpha value is -0.350. The van der Waals surface area contributed by atoms with Crippen molar-refractivity contribution in [1.82, 2.24) is 15.5 Å². The van der Waals surface area contributed by atoms with Crippen molar-refractivity contribution in [3.05, 3.63) is 0 Å². The van der Waals surface area contributed by atoms with Crippen LogP contribution in [0.3, 0.4) is 0 Å². The van der Waals surface area contributed by atoms with E-state index >= 15 is 0 Å². The lowest BCUT2D eigenvalue weighted by Gasteiger charge is -2.16. The van der Waals surface area contributed by atoms with Gasteiger partial charge in [0.15, 0.2) is 5.11 Å². The Bertz CT molecular complexity index is 180. The van der Waals surface area contributed by atoms with Crippen molar-refractivity contribution in [3.8, 4) is 0 Å². The lowest BCUT2D eigenvalue weighted by molar-refractivity contribution is 0.329. The summed E-state index contributed by atoms with van der Waals surface area (Å²) in [5.41, 5.74) is 0. The highest BCUT2D eigenvalue weighted by Crippen LogP contribution is 2.24. The minimum absolute atomic E-state index is 0.788. The molecule has 0 amide bonds. The molecule has 0 spiro atoms. The predicted octanol–water partition coefficient (Wildman–Crippen LogP) is 0.955. The van der Waals surface area contributed by atoms with Gasteiger partial charge in [0.05, 0.1) is 0 Å². The molecule has 0 aliphatic heterocycles. The van der Waals surface area contributed by atoms with Crippen LogP contribution in [0, 0.1) is 0 Å². The van der Waals surface area contributed by atoms with Gasteiger partial charge in [0.2, 0.25) is 0 Å². The quantitative estimate of drug-likeness (QED) is 0.645. The molecule has 1 aliphatic carbocycles. The highest BCUT2D eigenvalue weighted by molar-refractivity contribution is 7.80. The Morgan fingerprint density at radius 2 is 2.00 bits per heavy atom. The summed E-state index contributed by atoms with van der Waals surface area (Å²) in [6, 6.07) is 0.842. The molecule has 0 atom stereocenters. The first-order valence-electron chi connectivity index (χ1n) is 5.46. The number of rotatable bonds is 6. The fraction of sp³-hybridized carbons (Fsp3) is 0.900. The molecule has 4 heteroatoms. The number of nitrogens with one attached hydrogen (secondary N) is 2. The maximum absolute atomic E-state index is 5.11. The average Bonchev–Trinajstić information content (AvgIpc) is 2.97. The van der Waals surface area contributed by atoms with Crippen molar-refractivity contribution in [2.75, 3.05) is 26.7 Å². The SMILES string of the molecule is CCCNC(=S)NCCN(C)C1CC1. The maximum Gasteiger partial charge on any atom is 0.166 e. The van der Waals surface area contributed by atoms with Gasteiger partial charge in [-0.15, -0.1) is 0 Å². The summed E-state index contributed by atoms with van der Waals surface area (Å²) in [6.45, 7) is 5.13. The number of hydrogen-bond acceptors (Lipinski definition) is 2. The summed E-state index contributed by atoms with van der Waals surface area (Å²) in [6.07, 6.45) is 3.86. The smallest absolute Gasteiger partial charge is 0.166 e. The maximum atomic E-state index is 5.11. The summed E-state index contributed by atoms with van der Waals surface area (Å²) < 4.78 is 0.